The molecule has 2 nitrogen and oxygen atoms in total. The second-order valence-electron chi connectivity index (χ2n) is 3.42. The van der Waals surface area contributed by atoms with Crippen molar-refractivity contribution in [1.82, 2.24) is 4.90 Å². The summed E-state index contributed by atoms with van der Waals surface area (Å²) in [5, 5.41) is 0. The van der Waals surface area contributed by atoms with E-state index in [4.69, 9.17) is 6.42 Å². The van der Waals surface area contributed by atoms with Crippen LogP contribution in [0.3, 0.4) is 0 Å². The van der Waals surface area contributed by atoms with E-state index in [1.807, 2.05) is 25.8 Å². The van der Waals surface area contributed by atoms with Crippen molar-refractivity contribution < 1.29 is 4.79 Å². The minimum Gasteiger partial charge on any atom is -0.298 e. The Morgan fingerprint density at radius 1 is 1.58 bits per heavy atom. The first-order valence-electron chi connectivity index (χ1n) is 4.14. The van der Waals surface area contributed by atoms with Crippen LogP contribution in [0.2, 0.25) is 0 Å². The molecule has 0 aliphatic rings. The molecular formula is C10H17NO. The Labute approximate surface area is 74.9 Å². The highest BCUT2D eigenvalue weighted by molar-refractivity contribution is 5.81. The van der Waals surface area contributed by atoms with Crippen LogP contribution in [0.1, 0.15) is 20.8 Å². The second-order valence-corrected chi connectivity index (χ2v) is 3.42. The Hall–Kier alpha value is -0.810. The first-order chi connectivity index (χ1) is 5.50. The van der Waals surface area contributed by atoms with Gasteiger partial charge in [0.2, 0.25) is 0 Å². The normalized spacial score (nSPS) is 13.1. The Kier molecular flexibility index (Phi) is 4.61. The Balaban J connectivity index is 4.31. The summed E-state index contributed by atoms with van der Waals surface area (Å²) >= 11 is 0. The van der Waals surface area contributed by atoms with Gasteiger partial charge >= 0.3 is 0 Å². The zero-order valence-electron chi connectivity index (χ0n) is 8.29. The van der Waals surface area contributed by atoms with Crippen molar-refractivity contribution in [3.05, 3.63) is 0 Å². The average molecular weight is 167 g/mol. The third-order valence-corrected chi connectivity index (χ3v) is 1.86. The van der Waals surface area contributed by atoms with E-state index in [2.05, 4.69) is 5.92 Å². The van der Waals surface area contributed by atoms with Crippen molar-refractivity contribution in [2.75, 3.05) is 13.6 Å². The van der Waals surface area contributed by atoms with Gasteiger partial charge in [0.25, 0.3) is 0 Å². The molecule has 0 N–H and O–H groups in total. The summed E-state index contributed by atoms with van der Waals surface area (Å²) in [6, 6.07) is -0.0407. The lowest BCUT2D eigenvalue weighted by atomic mass is 9.99. The highest BCUT2D eigenvalue weighted by Gasteiger charge is 2.21. The molecule has 0 fully saturated rings. The van der Waals surface area contributed by atoms with Crippen LogP contribution in [0.15, 0.2) is 0 Å². The van der Waals surface area contributed by atoms with Crippen LogP contribution in [-0.4, -0.2) is 30.3 Å². The molecule has 68 valence electrons. The van der Waals surface area contributed by atoms with E-state index in [0.717, 1.165) is 0 Å². The van der Waals surface area contributed by atoms with Crippen molar-refractivity contribution in [2.24, 2.45) is 5.92 Å². The van der Waals surface area contributed by atoms with Crippen LogP contribution in [0, 0.1) is 18.3 Å². The maximum Gasteiger partial charge on any atom is 0.147 e. The average Bonchev–Trinajstić information content (AvgIpc) is 1.85. The molecule has 0 amide bonds. The smallest absolute Gasteiger partial charge is 0.147 e. The second kappa shape index (κ2) is 4.95. The van der Waals surface area contributed by atoms with E-state index in [0.29, 0.717) is 12.5 Å². The van der Waals surface area contributed by atoms with Crippen LogP contribution >= 0.6 is 0 Å². The van der Waals surface area contributed by atoms with Crippen molar-refractivity contribution in [3.63, 3.8) is 0 Å². The van der Waals surface area contributed by atoms with Gasteiger partial charge in [-0.2, -0.15) is 0 Å². The standard InChI is InChI=1S/C10H17NO/c1-6-7-11(5)10(8(2)3)9(4)12/h1,8,10H,7H2,2-5H3/t10-/m1/s1. The number of likely N-dealkylation sites (N-methyl/N-ethyl adjacent to an activating group) is 1. The molecule has 0 spiro atoms. The van der Waals surface area contributed by atoms with E-state index in [-0.39, 0.29) is 11.8 Å². The monoisotopic (exact) mass is 167 g/mol. The topological polar surface area (TPSA) is 20.3 Å². The van der Waals surface area contributed by atoms with Gasteiger partial charge in [-0.1, -0.05) is 19.8 Å². The molecule has 1 atom stereocenters. The maximum atomic E-state index is 11.2. The Bertz CT molecular complexity index is 191. The first kappa shape index (κ1) is 11.2. The molecule has 0 saturated heterocycles. The number of rotatable bonds is 4. The fourth-order valence-corrected chi connectivity index (χ4v) is 1.53. The molecule has 12 heavy (non-hydrogen) atoms. The summed E-state index contributed by atoms with van der Waals surface area (Å²) in [5.74, 6) is 3.03. The van der Waals surface area contributed by atoms with Crippen LogP contribution in [0.4, 0.5) is 0 Å². The molecule has 2 heteroatoms. The minimum atomic E-state index is -0.0407. The molecule has 0 heterocycles. The number of hydrogen-bond acceptors (Lipinski definition) is 2. The lowest BCUT2D eigenvalue weighted by Crippen LogP contribution is -2.41. The van der Waals surface area contributed by atoms with Crippen molar-refractivity contribution >= 4 is 5.78 Å². The summed E-state index contributed by atoms with van der Waals surface area (Å²) in [4.78, 5) is 13.1. The SMILES string of the molecule is C#CCN(C)[C@@H](C(C)=O)C(C)C. The number of nitrogens with zero attached hydrogens (tertiary/aromatic N) is 1. The van der Waals surface area contributed by atoms with Crippen LogP contribution < -0.4 is 0 Å². The van der Waals surface area contributed by atoms with Gasteiger partial charge in [0.05, 0.1) is 12.6 Å². The molecule has 0 unspecified atom stereocenters. The number of ketones is 1. The van der Waals surface area contributed by atoms with Crippen molar-refractivity contribution in [1.29, 1.82) is 0 Å². The maximum absolute atomic E-state index is 11.2. The molecule has 0 aromatic rings. The van der Waals surface area contributed by atoms with Crippen LogP contribution in [0.5, 0.6) is 0 Å². The summed E-state index contributed by atoms with van der Waals surface area (Å²) in [6.07, 6.45) is 5.16. The van der Waals surface area contributed by atoms with Crippen LogP contribution in [-0.2, 0) is 4.79 Å². The summed E-state index contributed by atoms with van der Waals surface area (Å²) < 4.78 is 0. The van der Waals surface area contributed by atoms with Gasteiger partial charge in [-0.25, -0.2) is 0 Å². The number of carbonyl (C=O) groups excluding carboxylic acids is 1. The Morgan fingerprint density at radius 2 is 2.08 bits per heavy atom. The third kappa shape index (κ3) is 3.06. The molecule has 0 aromatic carbocycles. The number of carbonyl (C=O) groups is 1. The summed E-state index contributed by atoms with van der Waals surface area (Å²) in [7, 11) is 1.88. The number of hydrogen-bond donors (Lipinski definition) is 0. The van der Waals surface area contributed by atoms with Crippen molar-refractivity contribution in [2.45, 2.75) is 26.8 Å². The molecule has 0 rings (SSSR count). The quantitative estimate of drug-likeness (QED) is 0.586. The van der Waals surface area contributed by atoms with E-state index < -0.39 is 0 Å². The van der Waals surface area contributed by atoms with Gasteiger partial charge in [0, 0.05) is 0 Å². The molecule has 0 bridgehead atoms. The van der Waals surface area contributed by atoms with Gasteiger partial charge < -0.3 is 0 Å². The summed E-state index contributed by atoms with van der Waals surface area (Å²) in [5.41, 5.74) is 0. The fourth-order valence-electron chi connectivity index (χ4n) is 1.53. The highest BCUT2D eigenvalue weighted by atomic mass is 16.1. The number of Topliss-reactive ketones (excluding diaryl/α,β-unsaturated/α-hetero) is 1. The zero-order valence-corrected chi connectivity index (χ0v) is 8.29. The van der Waals surface area contributed by atoms with E-state index in [1.165, 1.54) is 0 Å². The lowest BCUT2D eigenvalue weighted by molar-refractivity contribution is -0.122. The fraction of sp³-hybridized carbons (Fsp3) is 0.700. The highest BCUT2D eigenvalue weighted by Crippen LogP contribution is 2.09. The van der Waals surface area contributed by atoms with E-state index >= 15 is 0 Å². The molecule has 0 aliphatic heterocycles. The van der Waals surface area contributed by atoms with E-state index in [1.54, 1.807) is 6.92 Å². The van der Waals surface area contributed by atoms with Gasteiger partial charge in [0.1, 0.15) is 5.78 Å². The lowest BCUT2D eigenvalue weighted by Gasteiger charge is -2.27. The molecule has 0 saturated carbocycles. The Morgan fingerprint density at radius 3 is 2.33 bits per heavy atom. The zero-order chi connectivity index (χ0) is 9.72. The molecule has 0 radical (unpaired) electrons. The van der Waals surface area contributed by atoms with Crippen molar-refractivity contribution in [3.8, 4) is 12.3 Å². The van der Waals surface area contributed by atoms with Gasteiger partial charge in [-0.3, -0.25) is 9.69 Å². The number of terminal acetylenes is 1. The molecule has 0 aromatic heterocycles. The summed E-state index contributed by atoms with van der Waals surface area (Å²) in [6.45, 7) is 6.19. The molecule has 0 aliphatic carbocycles. The van der Waals surface area contributed by atoms with Gasteiger partial charge in [-0.15, -0.1) is 6.42 Å². The van der Waals surface area contributed by atoms with Gasteiger partial charge in [-0.05, 0) is 19.9 Å². The third-order valence-electron chi connectivity index (χ3n) is 1.86. The van der Waals surface area contributed by atoms with E-state index in [9.17, 15) is 4.79 Å². The largest absolute Gasteiger partial charge is 0.298 e. The minimum absolute atomic E-state index is 0.0407. The first-order valence-corrected chi connectivity index (χ1v) is 4.14. The predicted octanol–water partition coefficient (Wildman–Crippen LogP) is 1.16. The van der Waals surface area contributed by atoms with Crippen LogP contribution in [0.25, 0.3) is 0 Å². The van der Waals surface area contributed by atoms with Gasteiger partial charge in [0.15, 0.2) is 0 Å². The molecular weight excluding hydrogens is 150 g/mol. The predicted molar refractivity (Wildman–Crippen MR) is 50.8 cm³/mol.